The van der Waals surface area contributed by atoms with Gasteiger partial charge in [0, 0.05) is 24.2 Å². The maximum Gasteiger partial charge on any atom is 0.433 e. The molecule has 3 saturated carbocycles. The number of carbonyl (C=O) groups excluding carboxylic acids is 1. The standard InChI is InChI=1S/C33H49F3N2O/c1-3-25-9-5-6-10-26(25)11-7-8-23-14-16-32(4-2,21-23)31(39)38-22-24-12-13-27(19-29(38)18-24)28-15-17-37-30(20-28)33(34,35)36/h15,17,20,23-27,29H,3-14,16,18-19,21-22H2,1-2H3. The van der Waals surface area contributed by atoms with Crippen molar-refractivity contribution in [3.05, 3.63) is 29.6 Å². The molecule has 2 bridgehead atoms. The molecule has 1 saturated heterocycles. The molecule has 3 aliphatic carbocycles. The summed E-state index contributed by atoms with van der Waals surface area (Å²) in [5.41, 5.74) is -0.312. The highest BCUT2D eigenvalue weighted by atomic mass is 19.4. The molecule has 4 aliphatic rings. The van der Waals surface area contributed by atoms with E-state index >= 15 is 0 Å². The minimum absolute atomic E-state index is 0.0559. The topological polar surface area (TPSA) is 33.2 Å². The van der Waals surface area contributed by atoms with Gasteiger partial charge in [0.15, 0.2) is 0 Å². The molecule has 0 spiro atoms. The molecule has 2 heterocycles. The van der Waals surface area contributed by atoms with Gasteiger partial charge in [-0.25, -0.2) is 0 Å². The number of rotatable bonds is 8. The Morgan fingerprint density at radius 1 is 1.05 bits per heavy atom. The number of alkyl halides is 3. The number of pyridine rings is 1. The maximum atomic E-state index is 14.2. The molecule has 39 heavy (non-hydrogen) atoms. The number of carbonyl (C=O) groups is 1. The van der Waals surface area contributed by atoms with Crippen LogP contribution in [0.2, 0.25) is 0 Å². The van der Waals surface area contributed by atoms with Gasteiger partial charge in [0.1, 0.15) is 5.69 Å². The molecule has 1 aliphatic heterocycles. The maximum absolute atomic E-state index is 14.2. The van der Waals surface area contributed by atoms with Crippen LogP contribution in [0.5, 0.6) is 0 Å². The number of hydrogen-bond donors (Lipinski definition) is 0. The fraction of sp³-hybridized carbons (Fsp3) is 0.818. The first-order valence-corrected chi connectivity index (χ1v) is 16.1. The molecule has 218 valence electrons. The number of aromatic nitrogens is 1. The Bertz CT molecular complexity index is 980. The molecular weight excluding hydrogens is 497 g/mol. The van der Waals surface area contributed by atoms with Crippen molar-refractivity contribution in [3.8, 4) is 0 Å². The first kappa shape index (κ1) is 28.9. The van der Waals surface area contributed by atoms with E-state index in [-0.39, 0.29) is 17.4 Å². The Labute approximate surface area is 233 Å². The third-order valence-corrected chi connectivity index (χ3v) is 11.4. The van der Waals surface area contributed by atoms with Gasteiger partial charge in [-0.15, -0.1) is 0 Å². The van der Waals surface area contributed by atoms with Gasteiger partial charge in [-0.05, 0) is 98.7 Å². The van der Waals surface area contributed by atoms with Crippen LogP contribution >= 0.6 is 0 Å². The van der Waals surface area contributed by atoms with Crippen LogP contribution in [-0.4, -0.2) is 28.4 Å². The van der Waals surface area contributed by atoms with Crippen LogP contribution in [0.4, 0.5) is 13.2 Å². The third-order valence-electron chi connectivity index (χ3n) is 11.4. The lowest BCUT2D eigenvalue weighted by molar-refractivity contribution is -0.143. The number of fused-ring (bicyclic) bond motifs is 2. The van der Waals surface area contributed by atoms with Gasteiger partial charge in [-0.1, -0.05) is 65.2 Å². The molecule has 7 atom stereocenters. The van der Waals surface area contributed by atoms with E-state index in [1.165, 1.54) is 70.1 Å². The van der Waals surface area contributed by atoms with Gasteiger partial charge in [-0.3, -0.25) is 9.78 Å². The zero-order chi connectivity index (χ0) is 27.6. The summed E-state index contributed by atoms with van der Waals surface area (Å²) in [7, 11) is 0. The molecule has 3 nitrogen and oxygen atoms in total. The van der Waals surface area contributed by atoms with Gasteiger partial charge in [0.05, 0.1) is 0 Å². The van der Waals surface area contributed by atoms with E-state index in [0.717, 1.165) is 68.9 Å². The van der Waals surface area contributed by atoms with Crippen molar-refractivity contribution in [2.75, 3.05) is 6.54 Å². The second-order valence-corrected chi connectivity index (χ2v) is 13.6. The highest BCUT2D eigenvalue weighted by Gasteiger charge is 2.49. The number of likely N-dealkylation sites (tertiary alicyclic amines) is 1. The summed E-state index contributed by atoms with van der Waals surface area (Å²) in [6, 6.07) is 3.13. The van der Waals surface area contributed by atoms with Crippen LogP contribution in [-0.2, 0) is 11.0 Å². The molecule has 0 N–H and O–H groups in total. The minimum atomic E-state index is -4.43. The van der Waals surface area contributed by atoms with Crippen LogP contribution in [0.3, 0.4) is 0 Å². The average molecular weight is 547 g/mol. The zero-order valence-corrected chi connectivity index (χ0v) is 24.2. The smallest absolute Gasteiger partial charge is 0.339 e. The predicted molar refractivity (Wildman–Crippen MR) is 149 cm³/mol. The summed E-state index contributed by atoms with van der Waals surface area (Å²) >= 11 is 0. The largest absolute Gasteiger partial charge is 0.433 e. The molecule has 0 radical (unpaired) electrons. The summed E-state index contributed by atoms with van der Waals surface area (Å²) in [6.07, 6.45) is 15.5. The molecule has 0 aromatic carbocycles. The second-order valence-electron chi connectivity index (χ2n) is 13.6. The van der Waals surface area contributed by atoms with E-state index in [4.69, 9.17) is 0 Å². The van der Waals surface area contributed by atoms with E-state index in [2.05, 4.69) is 23.7 Å². The monoisotopic (exact) mass is 546 g/mol. The fourth-order valence-corrected chi connectivity index (χ4v) is 9.06. The van der Waals surface area contributed by atoms with Gasteiger partial charge in [0.2, 0.25) is 5.91 Å². The predicted octanol–water partition coefficient (Wildman–Crippen LogP) is 9.17. The Morgan fingerprint density at radius 3 is 2.59 bits per heavy atom. The summed E-state index contributed by atoms with van der Waals surface area (Å²) in [5, 5.41) is 0. The van der Waals surface area contributed by atoms with Crippen molar-refractivity contribution >= 4 is 5.91 Å². The highest BCUT2D eigenvalue weighted by molar-refractivity contribution is 5.83. The van der Waals surface area contributed by atoms with Crippen molar-refractivity contribution in [1.29, 1.82) is 0 Å². The van der Waals surface area contributed by atoms with E-state index in [9.17, 15) is 18.0 Å². The van der Waals surface area contributed by atoms with Crippen LogP contribution in [0.1, 0.15) is 134 Å². The van der Waals surface area contributed by atoms with Crippen LogP contribution in [0, 0.1) is 29.1 Å². The lowest BCUT2D eigenvalue weighted by atomic mass is 9.75. The molecule has 1 amide bonds. The summed E-state index contributed by atoms with van der Waals surface area (Å²) < 4.78 is 39.9. The molecular formula is C33H49F3N2O. The molecule has 7 unspecified atom stereocenters. The van der Waals surface area contributed by atoms with E-state index in [0.29, 0.717) is 17.7 Å². The minimum Gasteiger partial charge on any atom is -0.339 e. The van der Waals surface area contributed by atoms with Crippen LogP contribution in [0.25, 0.3) is 0 Å². The third kappa shape index (κ3) is 6.35. The van der Waals surface area contributed by atoms with E-state index in [1.54, 1.807) is 6.07 Å². The molecule has 6 heteroatoms. The normalized spacial score (nSPS) is 35.3. The Morgan fingerprint density at radius 2 is 1.85 bits per heavy atom. The average Bonchev–Trinajstić information content (AvgIpc) is 3.47. The van der Waals surface area contributed by atoms with E-state index in [1.807, 2.05) is 0 Å². The van der Waals surface area contributed by atoms with Crippen molar-refractivity contribution in [2.45, 2.75) is 135 Å². The number of hydrogen-bond acceptors (Lipinski definition) is 2. The van der Waals surface area contributed by atoms with Gasteiger partial charge in [-0.2, -0.15) is 13.2 Å². The first-order chi connectivity index (χ1) is 18.7. The molecule has 4 fully saturated rings. The molecule has 1 aromatic rings. The van der Waals surface area contributed by atoms with Gasteiger partial charge >= 0.3 is 6.18 Å². The van der Waals surface area contributed by atoms with Crippen molar-refractivity contribution < 1.29 is 18.0 Å². The fourth-order valence-electron chi connectivity index (χ4n) is 9.06. The number of amides is 1. The van der Waals surface area contributed by atoms with Crippen LogP contribution in [0.15, 0.2) is 18.3 Å². The lowest BCUT2D eigenvalue weighted by Gasteiger charge is -2.37. The zero-order valence-electron chi connectivity index (χ0n) is 24.2. The number of halogens is 3. The SMILES string of the molecule is CCC1CCCCC1CCCC1CCC(CC)(C(=O)N2CC3CCC(c4ccnc(C(F)(F)F)c4)CC2C3)C1. The van der Waals surface area contributed by atoms with Crippen LogP contribution < -0.4 is 0 Å². The Kier molecular flexibility index (Phi) is 8.98. The van der Waals surface area contributed by atoms with Crippen molar-refractivity contribution in [1.82, 2.24) is 9.88 Å². The van der Waals surface area contributed by atoms with Crippen molar-refractivity contribution in [2.24, 2.45) is 29.1 Å². The van der Waals surface area contributed by atoms with Gasteiger partial charge in [0.25, 0.3) is 0 Å². The Hall–Kier alpha value is -1.59. The number of nitrogens with zero attached hydrogens (tertiary/aromatic N) is 2. The summed E-state index contributed by atoms with van der Waals surface area (Å²) in [6.45, 7) is 5.39. The lowest BCUT2D eigenvalue weighted by Crippen LogP contribution is -2.46. The Balaban J connectivity index is 1.20. The first-order valence-electron chi connectivity index (χ1n) is 16.1. The quantitative estimate of drug-likeness (QED) is 0.326. The highest BCUT2D eigenvalue weighted by Crippen LogP contribution is 2.50. The van der Waals surface area contributed by atoms with E-state index < -0.39 is 11.9 Å². The molecule has 5 rings (SSSR count). The van der Waals surface area contributed by atoms with Crippen molar-refractivity contribution in [3.63, 3.8) is 0 Å². The summed E-state index contributed by atoms with van der Waals surface area (Å²) in [4.78, 5) is 19.9. The second kappa shape index (κ2) is 12.1. The molecule has 1 aromatic heterocycles. The summed E-state index contributed by atoms with van der Waals surface area (Å²) in [5.74, 6) is 3.38. The van der Waals surface area contributed by atoms with Gasteiger partial charge < -0.3 is 4.90 Å².